The van der Waals surface area contributed by atoms with E-state index in [1.165, 1.54) is 7.11 Å². The van der Waals surface area contributed by atoms with Gasteiger partial charge in [-0.1, -0.05) is 6.08 Å². The van der Waals surface area contributed by atoms with Crippen LogP contribution in [0.5, 0.6) is 0 Å². The van der Waals surface area contributed by atoms with E-state index in [9.17, 15) is 4.79 Å². The first-order valence-corrected chi connectivity index (χ1v) is 3.66. The Bertz CT molecular complexity index is 182. The predicted octanol–water partition coefficient (Wildman–Crippen LogP) is 1.31. The zero-order chi connectivity index (χ0) is 9.40. The summed E-state index contributed by atoms with van der Waals surface area (Å²) >= 11 is 0. The molecule has 0 saturated carbocycles. The van der Waals surface area contributed by atoms with Gasteiger partial charge in [-0.3, -0.25) is 0 Å². The number of esters is 1. The van der Waals surface area contributed by atoms with E-state index in [0.717, 1.165) is 0 Å². The van der Waals surface area contributed by atoms with Gasteiger partial charge in [-0.15, -0.1) is 6.58 Å². The van der Waals surface area contributed by atoms with Crippen molar-refractivity contribution in [3.8, 4) is 0 Å². The van der Waals surface area contributed by atoms with Crippen LogP contribution in [0.15, 0.2) is 24.3 Å². The molecule has 3 heteroatoms. The molecule has 0 heterocycles. The Hall–Kier alpha value is -1.09. The molecule has 0 spiro atoms. The summed E-state index contributed by atoms with van der Waals surface area (Å²) in [5, 5.41) is 0. The van der Waals surface area contributed by atoms with Crippen LogP contribution in [0.3, 0.4) is 0 Å². The molecular weight excluding hydrogens is 156 g/mol. The fourth-order valence-electron chi connectivity index (χ4n) is 0.580. The first-order valence-electron chi connectivity index (χ1n) is 3.66. The van der Waals surface area contributed by atoms with Crippen molar-refractivity contribution in [3.05, 3.63) is 24.3 Å². The van der Waals surface area contributed by atoms with E-state index in [2.05, 4.69) is 11.3 Å². The van der Waals surface area contributed by atoms with Gasteiger partial charge in [-0.05, 0) is 13.0 Å². The Morgan fingerprint density at radius 3 is 2.67 bits per heavy atom. The summed E-state index contributed by atoms with van der Waals surface area (Å²) in [6, 6.07) is 0. The van der Waals surface area contributed by atoms with E-state index in [1.54, 1.807) is 19.1 Å². The lowest BCUT2D eigenvalue weighted by atomic mass is 10.3. The van der Waals surface area contributed by atoms with Gasteiger partial charge >= 0.3 is 5.97 Å². The van der Waals surface area contributed by atoms with Crippen molar-refractivity contribution in [3.63, 3.8) is 0 Å². The van der Waals surface area contributed by atoms with Crippen LogP contribution in [0.1, 0.15) is 6.92 Å². The van der Waals surface area contributed by atoms with Gasteiger partial charge in [-0.2, -0.15) is 0 Å². The third kappa shape index (κ3) is 4.68. The molecule has 0 N–H and O–H groups in total. The Balaban J connectivity index is 3.68. The highest BCUT2D eigenvalue weighted by molar-refractivity contribution is 5.87. The van der Waals surface area contributed by atoms with Gasteiger partial charge in [0.25, 0.3) is 0 Å². The third-order valence-electron chi connectivity index (χ3n) is 1.25. The van der Waals surface area contributed by atoms with Gasteiger partial charge in [0.2, 0.25) is 0 Å². The molecule has 0 bridgehead atoms. The van der Waals surface area contributed by atoms with Crippen LogP contribution in [0.25, 0.3) is 0 Å². The molecule has 0 fully saturated rings. The number of hydrogen-bond acceptors (Lipinski definition) is 3. The van der Waals surface area contributed by atoms with E-state index in [4.69, 9.17) is 4.74 Å². The molecule has 0 atom stereocenters. The number of carbonyl (C=O) groups excluding carboxylic acids is 1. The van der Waals surface area contributed by atoms with E-state index >= 15 is 0 Å². The molecule has 12 heavy (non-hydrogen) atoms. The van der Waals surface area contributed by atoms with Crippen LogP contribution in [0.2, 0.25) is 0 Å². The Labute approximate surface area is 72.7 Å². The van der Waals surface area contributed by atoms with Crippen molar-refractivity contribution in [2.75, 3.05) is 20.3 Å². The summed E-state index contributed by atoms with van der Waals surface area (Å²) in [6.07, 6.45) is 3.33. The number of hydrogen-bond donors (Lipinski definition) is 0. The molecule has 0 aliphatic heterocycles. The predicted molar refractivity (Wildman–Crippen MR) is 46.8 cm³/mol. The highest BCUT2D eigenvalue weighted by Gasteiger charge is 2.00. The summed E-state index contributed by atoms with van der Waals surface area (Å²) in [6.45, 7) is 6.08. The Kier molecular flexibility index (Phi) is 6.01. The van der Waals surface area contributed by atoms with E-state index in [-0.39, 0.29) is 5.97 Å². The molecule has 0 amide bonds. The normalized spacial score (nSPS) is 11.0. The molecule has 0 aliphatic rings. The van der Waals surface area contributed by atoms with Gasteiger partial charge in [0.15, 0.2) is 0 Å². The monoisotopic (exact) mass is 170 g/mol. The van der Waals surface area contributed by atoms with Gasteiger partial charge in [0, 0.05) is 5.57 Å². The van der Waals surface area contributed by atoms with Crippen LogP contribution >= 0.6 is 0 Å². The topological polar surface area (TPSA) is 35.5 Å². The van der Waals surface area contributed by atoms with Gasteiger partial charge in [-0.25, -0.2) is 4.79 Å². The zero-order valence-electron chi connectivity index (χ0n) is 7.50. The van der Waals surface area contributed by atoms with E-state index in [1.807, 2.05) is 0 Å². The number of methoxy groups -OCH3 is 1. The molecule has 0 unspecified atom stereocenters. The number of rotatable bonds is 5. The van der Waals surface area contributed by atoms with Crippen LogP contribution < -0.4 is 0 Å². The quantitative estimate of drug-likeness (QED) is 0.270. The summed E-state index contributed by atoms with van der Waals surface area (Å²) in [5.41, 5.74) is 0.557. The largest absolute Gasteiger partial charge is 0.466 e. The van der Waals surface area contributed by atoms with Crippen molar-refractivity contribution in [2.24, 2.45) is 0 Å². The minimum Gasteiger partial charge on any atom is -0.466 e. The van der Waals surface area contributed by atoms with Crippen molar-refractivity contribution in [1.29, 1.82) is 0 Å². The minimum absolute atomic E-state index is 0.322. The summed E-state index contributed by atoms with van der Waals surface area (Å²) in [5.74, 6) is -0.322. The molecule has 0 aliphatic carbocycles. The minimum atomic E-state index is -0.322. The van der Waals surface area contributed by atoms with Gasteiger partial charge in [0.05, 0.1) is 20.3 Å². The van der Waals surface area contributed by atoms with Crippen LogP contribution in [0, 0.1) is 0 Å². The standard InChI is InChI=1S/C9H14O3/c1-4-6-12-7-5-8(2)9(10)11-3/h4-5H,1,6-7H2,2-3H3. The highest BCUT2D eigenvalue weighted by Crippen LogP contribution is 1.94. The van der Waals surface area contributed by atoms with Crippen LogP contribution in [-0.4, -0.2) is 26.3 Å². The number of ether oxygens (including phenoxy) is 2. The van der Waals surface area contributed by atoms with Crippen LogP contribution in [-0.2, 0) is 14.3 Å². The highest BCUT2D eigenvalue weighted by atomic mass is 16.5. The molecule has 0 aromatic rings. The summed E-state index contributed by atoms with van der Waals surface area (Å²) in [4.78, 5) is 10.8. The average molecular weight is 170 g/mol. The second kappa shape index (κ2) is 6.61. The maximum absolute atomic E-state index is 10.8. The van der Waals surface area contributed by atoms with Gasteiger partial charge < -0.3 is 9.47 Å². The first kappa shape index (κ1) is 10.9. The summed E-state index contributed by atoms with van der Waals surface area (Å²) < 4.78 is 9.53. The van der Waals surface area contributed by atoms with Crippen molar-refractivity contribution < 1.29 is 14.3 Å². The SMILES string of the molecule is C=CCOCC=C(C)C(=O)OC. The zero-order valence-corrected chi connectivity index (χ0v) is 7.50. The fraction of sp³-hybridized carbons (Fsp3) is 0.444. The van der Waals surface area contributed by atoms with Crippen molar-refractivity contribution >= 4 is 5.97 Å². The third-order valence-corrected chi connectivity index (χ3v) is 1.25. The smallest absolute Gasteiger partial charge is 0.333 e. The second-order valence-electron chi connectivity index (χ2n) is 2.20. The Morgan fingerprint density at radius 1 is 1.50 bits per heavy atom. The first-order chi connectivity index (χ1) is 5.72. The maximum Gasteiger partial charge on any atom is 0.333 e. The molecule has 0 aromatic carbocycles. The Morgan fingerprint density at radius 2 is 2.17 bits per heavy atom. The lowest BCUT2D eigenvalue weighted by molar-refractivity contribution is -0.136. The average Bonchev–Trinajstić information content (AvgIpc) is 2.10. The van der Waals surface area contributed by atoms with Crippen LogP contribution in [0.4, 0.5) is 0 Å². The maximum atomic E-state index is 10.8. The van der Waals surface area contributed by atoms with E-state index in [0.29, 0.717) is 18.8 Å². The molecule has 0 radical (unpaired) electrons. The molecule has 3 nitrogen and oxygen atoms in total. The van der Waals surface area contributed by atoms with Gasteiger partial charge in [0.1, 0.15) is 0 Å². The molecule has 68 valence electrons. The second-order valence-corrected chi connectivity index (χ2v) is 2.20. The molecular formula is C9H14O3. The fourth-order valence-corrected chi connectivity index (χ4v) is 0.580. The molecule has 0 rings (SSSR count). The molecule has 0 saturated heterocycles. The summed E-state index contributed by atoms with van der Waals surface area (Å²) in [7, 11) is 1.35. The molecule has 0 aromatic heterocycles. The number of carbonyl (C=O) groups is 1. The lowest BCUT2D eigenvalue weighted by Crippen LogP contribution is -2.03. The van der Waals surface area contributed by atoms with E-state index < -0.39 is 0 Å². The lowest BCUT2D eigenvalue weighted by Gasteiger charge is -1.98. The van der Waals surface area contributed by atoms with Crippen molar-refractivity contribution in [2.45, 2.75) is 6.92 Å². The van der Waals surface area contributed by atoms with Crippen molar-refractivity contribution in [1.82, 2.24) is 0 Å².